The molecular formula is C23H17N3O. The first-order valence-corrected chi connectivity index (χ1v) is 8.85. The van der Waals surface area contributed by atoms with Crippen LogP contribution in [0.2, 0.25) is 0 Å². The highest BCUT2D eigenvalue weighted by Crippen LogP contribution is 2.32. The molecule has 0 atom stereocenters. The molecule has 5 rings (SSSR count). The van der Waals surface area contributed by atoms with Gasteiger partial charge in [0, 0.05) is 11.3 Å². The van der Waals surface area contributed by atoms with Crippen molar-refractivity contribution in [2.45, 2.75) is 0 Å². The summed E-state index contributed by atoms with van der Waals surface area (Å²) in [4.78, 5) is 19.2. The molecule has 2 heterocycles. The molecule has 2 N–H and O–H groups in total. The van der Waals surface area contributed by atoms with Gasteiger partial charge in [-0.25, -0.2) is 9.36 Å². The van der Waals surface area contributed by atoms with E-state index in [-0.39, 0.29) is 5.69 Å². The standard InChI is InChI=1S/C23H17N3O/c27-23-25-19-13-7-8-14-21(19)26(23)22-18(16-9-3-1-4-10-16)15-20(24-22)17-11-5-2-6-12-17/h1-15,24H,(H,25,27). The van der Waals surface area contributed by atoms with E-state index in [0.29, 0.717) is 0 Å². The largest absolute Gasteiger partial charge is 0.340 e. The highest BCUT2D eigenvalue weighted by atomic mass is 16.1. The van der Waals surface area contributed by atoms with Gasteiger partial charge in [-0.2, -0.15) is 0 Å². The fourth-order valence-electron chi connectivity index (χ4n) is 3.51. The molecule has 2 aromatic heterocycles. The van der Waals surface area contributed by atoms with Crippen LogP contribution in [0.15, 0.2) is 95.8 Å². The number of benzene rings is 3. The van der Waals surface area contributed by atoms with Crippen LogP contribution in [0.25, 0.3) is 39.2 Å². The van der Waals surface area contributed by atoms with Gasteiger partial charge in [0.05, 0.1) is 11.0 Å². The molecule has 0 saturated heterocycles. The van der Waals surface area contributed by atoms with E-state index in [1.54, 1.807) is 4.57 Å². The first-order chi connectivity index (χ1) is 13.3. The van der Waals surface area contributed by atoms with Gasteiger partial charge in [-0.1, -0.05) is 72.8 Å². The molecule has 0 unspecified atom stereocenters. The van der Waals surface area contributed by atoms with Crippen LogP contribution in [0.5, 0.6) is 0 Å². The van der Waals surface area contributed by atoms with E-state index in [0.717, 1.165) is 39.2 Å². The maximum Gasteiger partial charge on any atom is 0.332 e. The fraction of sp³-hybridized carbons (Fsp3) is 0. The van der Waals surface area contributed by atoms with E-state index >= 15 is 0 Å². The molecule has 27 heavy (non-hydrogen) atoms. The minimum absolute atomic E-state index is 0.158. The van der Waals surface area contributed by atoms with Crippen molar-refractivity contribution in [1.82, 2.24) is 14.5 Å². The number of nitrogens with one attached hydrogen (secondary N) is 2. The van der Waals surface area contributed by atoms with Gasteiger partial charge in [-0.15, -0.1) is 0 Å². The molecule has 0 fully saturated rings. The van der Waals surface area contributed by atoms with E-state index < -0.39 is 0 Å². The third-order valence-corrected chi connectivity index (χ3v) is 4.78. The van der Waals surface area contributed by atoms with Gasteiger partial charge >= 0.3 is 5.69 Å². The molecule has 0 amide bonds. The fourth-order valence-corrected chi connectivity index (χ4v) is 3.51. The molecule has 0 aliphatic carbocycles. The number of nitrogens with zero attached hydrogens (tertiary/aromatic N) is 1. The second-order valence-corrected chi connectivity index (χ2v) is 6.46. The second-order valence-electron chi connectivity index (χ2n) is 6.46. The quantitative estimate of drug-likeness (QED) is 0.473. The maximum absolute atomic E-state index is 12.8. The van der Waals surface area contributed by atoms with Gasteiger partial charge in [-0.05, 0) is 29.3 Å². The van der Waals surface area contributed by atoms with Gasteiger partial charge < -0.3 is 9.97 Å². The molecule has 0 saturated carbocycles. The summed E-state index contributed by atoms with van der Waals surface area (Å²) in [5.41, 5.74) is 5.60. The summed E-state index contributed by atoms with van der Waals surface area (Å²) in [6.07, 6.45) is 0. The first kappa shape index (κ1) is 15.5. The van der Waals surface area contributed by atoms with E-state index in [1.165, 1.54) is 0 Å². The van der Waals surface area contributed by atoms with Crippen molar-refractivity contribution in [3.8, 4) is 28.2 Å². The van der Waals surface area contributed by atoms with Gasteiger partial charge in [0.1, 0.15) is 5.82 Å². The minimum atomic E-state index is -0.158. The Morgan fingerprint density at radius 2 is 1.30 bits per heavy atom. The van der Waals surface area contributed by atoms with Crippen LogP contribution >= 0.6 is 0 Å². The zero-order valence-corrected chi connectivity index (χ0v) is 14.5. The average Bonchev–Trinajstić information content (AvgIpc) is 3.29. The van der Waals surface area contributed by atoms with E-state index in [1.807, 2.05) is 60.7 Å². The normalized spacial score (nSPS) is 11.1. The minimum Gasteiger partial charge on any atom is -0.340 e. The number of para-hydroxylation sites is 2. The van der Waals surface area contributed by atoms with Crippen molar-refractivity contribution in [3.63, 3.8) is 0 Å². The van der Waals surface area contributed by atoms with Crippen LogP contribution < -0.4 is 5.69 Å². The summed E-state index contributed by atoms with van der Waals surface area (Å²) >= 11 is 0. The van der Waals surface area contributed by atoms with E-state index in [9.17, 15) is 4.79 Å². The molecule has 4 heteroatoms. The number of imidazole rings is 1. The smallest absolute Gasteiger partial charge is 0.332 e. The third kappa shape index (κ3) is 2.59. The maximum atomic E-state index is 12.8. The van der Waals surface area contributed by atoms with Crippen molar-refractivity contribution < 1.29 is 0 Å². The molecule has 0 spiro atoms. The van der Waals surface area contributed by atoms with Crippen molar-refractivity contribution >= 4 is 11.0 Å². The lowest BCUT2D eigenvalue weighted by molar-refractivity contribution is 0.982. The van der Waals surface area contributed by atoms with Gasteiger partial charge in [0.25, 0.3) is 0 Å². The Morgan fingerprint density at radius 1 is 0.667 bits per heavy atom. The van der Waals surface area contributed by atoms with Crippen LogP contribution in [0.4, 0.5) is 0 Å². The summed E-state index contributed by atoms with van der Waals surface area (Å²) < 4.78 is 1.71. The van der Waals surface area contributed by atoms with Crippen molar-refractivity contribution in [1.29, 1.82) is 0 Å². The third-order valence-electron chi connectivity index (χ3n) is 4.78. The highest BCUT2D eigenvalue weighted by molar-refractivity contribution is 5.83. The molecule has 0 aliphatic heterocycles. The summed E-state index contributed by atoms with van der Waals surface area (Å²) in [6.45, 7) is 0. The van der Waals surface area contributed by atoms with Crippen LogP contribution in [0, 0.1) is 0 Å². The van der Waals surface area contributed by atoms with Gasteiger partial charge in [-0.3, -0.25) is 0 Å². The lowest BCUT2D eigenvalue weighted by Crippen LogP contribution is -2.15. The topological polar surface area (TPSA) is 53.6 Å². The molecule has 0 radical (unpaired) electrons. The monoisotopic (exact) mass is 351 g/mol. The molecule has 5 aromatic rings. The zero-order valence-electron chi connectivity index (χ0n) is 14.5. The Bertz CT molecular complexity index is 1280. The van der Waals surface area contributed by atoms with Gasteiger partial charge in [0.2, 0.25) is 0 Å². The van der Waals surface area contributed by atoms with Gasteiger partial charge in [0.15, 0.2) is 0 Å². The molecule has 0 bridgehead atoms. The Morgan fingerprint density at radius 3 is 2.04 bits per heavy atom. The summed E-state index contributed by atoms with van der Waals surface area (Å²) in [5, 5.41) is 0. The molecule has 0 aliphatic rings. The summed E-state index contributed by atoms with van der Waals surface area (Å²) in [5.74, 6) is 0.766. The SMILES string of the molecule is O=c1[nH]c2ccccc2n1-c1[nH]c(-c2ccccc2)cc1-c1ccccc1. The Kier molecular flexibility index (Phi) is 3.54. The van der Waals surface area contributed by atoms with Crippen LogP contribution in [0.3, 0.4) is 0 Å². The Labute approximate surface area is 155 Å². The van der Waals surface area contributed by atoms with Crippen molar-refractivity contribution in [3.05, 3.63) is 101 Å². The summed E-state index contributed by atoms with van der Waals surface area (Å²) in [7, 11) is 0. The number of aromatic nitrogens is 3. The predicted molar refractivity (Wildman–Crippen MR) is 109 cm³/mol. The number of H-pyrrole nitrogens is 2. The van der Waals surface area contributed by atoms with Crippen LogP contribution in [0.1, 0.15) is 0 Å². The number of fused-ring (bicyclic) bond motifs is 1. The number of hydrogen-bond donors (Lipinski definition) is 2. The summed E-state index contributed by atoms with van der Waals surface area (Å²) in [6, 6.07) is 30.1. The number of hydrogen-bond acceptors (Lipinski definition) is 1. The molecule has 4 nitrogen and oxygen atoms in total. The number of aromatic amines is 2. The zero-order chi connectivity index (χ0) is 18.2. The molecular weight excluding hydrogens is 334 g/mol. The predicted octanol–water partition coefficient (Wildman–Crippen LogP) is 4.98. The molecule has 130 valence electrons. The molecule has 3 aromatic carbocycles. The van der Waals surface area contributed by atoms with E-state index in [2.05, 4.69) is 40.3 Å². The van der Waals surface area contributed by atoms with E-state index in [4.69, 9.17) is 0 Å². The Balaban J connectivity index is 1.82. The average molecular weight is 351 g/mol. The van der Waals surface area contributed by atoms with Crippen molar-refractivity contribution in [2.75, 3.05) is 0 Å². The Hall–Kier alpha value is -3.79. The highest BCUT2D eigenvalue weighted by Gasteiger charge is 2.17. The lowest BCUT2D eigenvalue weighted by Gasteiger charge is -2.06. The number of rotatable bonds is 3. The second kappa shape index (κ2) is 6.18. The van der Waals surface area contributed by atoms with Crippen LogP contribution in [-0.2, 0) is 0 Å². The first-order valence-electron chi connectivity index (χ1n) is 8.85. The van der Waals surface area contributed by atoms with Crippen molar-refractivity contribution in [2.24, 2.45) is 0 Å². The van der Waals surface area contributed by atoms with Crippen LogP contribution in [-0.4, -0.2) is 14.5 Å². The lowest BCUT2D eigenvalue weighted by atomic mass is 10.1.